The Morgan fingerprint density at radius 2 is 2.27 bits per heavy atom. The molecule has 0 spiro atoms. The lowest BCUT2D eigenvalue weighted by Crippen LogP contribution is -2.52. The average molecular weight is 213 g/mol. The van der Waals surface area contributed by atoms with E-state index in [2.05, 4.69) is 17.6 Å². The Labute approximate surface area is 92.4 Å². The minimum atomic E-state index is 0.0765. The molecular formula is C11H23N3O. The molecule has 1 fully saturated rings. The van der Waals surface area contributed by atoms with Crippen LogP contribution in [0.5, 0.6) is 0 Å². The maximum absolute atomic E-state index is 11.7. The van der Waals surface area contributed by atoms with Crippen molar-refractivity contribution in [2.75, 3.05) is 19.6 Å². The summed E-state index contributed by atoms with van der Waals surface area (Å²) in [7, 11) is 0. The molecule has 0 aromatic heterocycles. The number of nitrogens with zero attached hydrogens (tertiary/aromatic N) is 1. The lowest BCUT2D eigenvalue weighted by Gasteiger charge is -2.33. The lowest BCUT2D eigenvalue weighted by molar-refractivity contribution is 0.171. The monoisotopic (exact) mass is 213 g/mol. The standard InChI is InChI=1S/C11H23N3O/c1-4-12-10-6-5-7-14(8-10)11(15)13-9(2)3/h9-10,12H,4-8H2,1-3H3,(H,13,15). The van der Waals surface area contributed by atoms with Crippen LogP contribution in [0.15, 0.2) is 0 Å². The van der Waals surface area contributed by atoms with Crippen LogP contribution < -0.4 is 10.6 Å². The Morgan fingerprint density at radius 3 is 2.87 bits per heavy atom. The van der Waals surface area contributed by atoms with Gasteiger partial charge in [0, 0.05) is 25.2 Å². The van der Waals surface area contributed by atoms with Crippen molar-refractivity contribution >= 4 is 6.03 Å². The van der Waals surface area contributed by atoms with Crippen molar-refractivity contribution in [2.24, 2.45) is 0 Å². The van der Waals surface area contributed by atoms with E-state index in [0.29, 0.717) is 6.04 Å². The van der Waals surface area contributed by atoms with E-state index in [1.165, 1.54) is 6.42 Å². The van der Waals surface area contributed by atoms with Gasteiger partial charge in [-0.3, -0.25) is 0 Å². The van der Waals surface area contributed by atoms with Gasteiger partial charge in [0.15, 0.2) is 0 Å². The van der Waals surface area contributed by atoms with Gasteiger partial charge in [0.2, 0.25) is 0 Å². The zero-order chi connectivity index (χ0) is 11.3. The minimum Gasteiger partial charge on any atom is -0.336 e. The van der Waals surface area contributed by atoms with Gasteiger partial charge in [0.1, 0.15) is 0 Å². The maximum Gasteiger partial charge on any atom is 0.317 e. The van der Waals surface area contributed by atoms with E-state index in [4.69, 9.17) is 0 Å². The van der Waals surface area contributed by atoms with Crippen LogP contribution in [0.1, 0.15) is 33.6 Å². The van der Waals surface area contributed by atoms with Gasteiger partial charge in [0.25, 0.3) is 0 Å². The summed E-state index contributed by atoms with van der Waals surface area (Å²) in [5.41, 5.74) is 0. The molecule has 1 saturated heterocycles. The molecule has 1 rings (SSSR count). The Bertz CT molecular complexity index is 204. The molecule has 1 unspecified atom stereocenters. The summed E-state index contributed by atoms with van der Waals surface area (Å²) in [6.07, 6.45) is 2.28. The van der Waals surface area contributed by atoms with Gasteiger partial charge in [-0.1, -0.05) is 6.92 Å². The quantitative estimate of drug-likeness (QED) is 0.739. The van der Waals surface area contributed by atoms with E-state index in [0.717, 1.165) is 26.1 Å². The van der Waals surface area contributed by atoms with Crippen molar-refractivity contribution in [3.63, 3.8) is 0 Å². The largest absolute Gasteiger partial charge is 0.336 e. The first-order valence-electron chi connectivity index (χ1n) is 5.92. The molecular weight excluding hydrogens is 190 g/mol. The topological polar surface area (TPSA) is 44.4 Å². The summed E-state index contributed by atoms with van der Waals surface area (Å²) < 4.78 is 0. The Kier molecular flexibility index (Phi) is 4.88. The van der Waals surface area contributed by atoms with Crippen LogP contribution in [0, 0.1) is 0 Å². The number of nitrogens with one attached hydrogen (secondary N) is 2. The summed E-state index contributed by atoms with van der Waals surface area (Å²) >= 11 is 0. The second-order valence-electron chi connectivity index (χ2n) is 4.45. The number of carbonyl (C=O) groups is 1. The molecule has 1 aliphatic heterocycles. The van der Waals surface area contributed by atoms with E-state index in [-0.39, 0.29) is 12.1 Å². The number of likely N-dealkylation sites (tertiary alicyclic amines) is 1. The third-order valence-electron chi connectivity index (χ3n) is 2.61. The molecule has 0 aromatic carbocycles. The van der Waals surface area contributed by atoms with Crippen molar-refractivity contribution in [2.45, 2.75) is 45.7 Å². The Balaban J connectivity index is 2.38. The molecule has 0 aromatic rings. The van der Waals surface area contributed by atoms with Crippen LogP contribution in [-0.2, 0) is 0 Å². The van der Waals surface area contributed by atoms with E-state index in [1.54, 1.807) is 0 Å². The number of piperidine rings is 1. The van der Waals surface area contributed by atoms with E-state index in [1.807, 2.05) is 18.7 Å². The molecule has 4 heteroatoms. The molecule has 2 amide bonds. The normalized spacial score (nSPS) is 21.9. The number of hydrogen-bond donors (Lipinski definition) is 2. The lowest BCUT2D eigenvalue weighted by atomic mass is 10.1. The number of urea groups is 1. The predicted molar refractivity (Wildman–Crippen MR) is 61.9 cm³/mol. The summed E-state index contributed by atoms with van der Waals surface area (Å²) in [6, 6.07) is 0.770. The molecule has 0 radical (unpaired) electrons. The van der Waals surface area contributed by atoms with Crippen LogP contribution in [-0.4, -0.2) is 42.6 Å². The molecule has 4 nitrogen and oxygen atoms in total. The number of carbonyl (C=O) groups excluding carboxylic acids is 1. The van der Waals surface area contributed by atoms with E-state index in [9.17, 15) is 4.79 Å². The highest BCUT2D eigenvalue weighted by atomic mass is 16.2. The molecule has 0 saturated carbocycles. The first-order chi connectivity index (χ1) is 7.13. The van der Waals surface area contributed by atoms with Crippen LogP contribution in [0.4, 0.5) is 4.79 Å². The number of likely N-dealkylation sites (N-methyl/N-ethyl adjacent to an activating group) is 1. The molecule has 0 bridgehead atoms. The van der Waals surface area contributed by atoms with Gasteiger partial charge in [-0.25, -0.2) is 4.79 Å². The summed E-state index contributed by atoms with van der Waals surface area (Å²) in [5.74, 6) is 0. The van der Waals surface area contributed by atoms with Gasteiger partial charge in [0.05, 0.1) is 0 Å². The Hall–Kier alpha value is -0.770. The third kappa shape index (κ3) is 4.08. The molecule has 2 N–H and O–H groups in total. The smallest absolute Gasteiger partial charge is 0.317 e. The van der Waals surface area contributed by atoms with Crippen molar-refractivity contribution in [3.05, 3.63) is 0 Å². The van der Waals surface area contributed by atoms with Crippen molar-refractivity contribution in [1.82, 2.24) is 15.5 Å². The molecule has 0 aliphatic carbocycles. The van der Waals surface area contributed by atoms with Crippen LogP contribution in [0.2, 0.25) is 0 Å². The van der Waals surface area contributed by atoms with Crippen LogP contribution in [0.25, 0.3) is 0 Å². The summed E-state index contributed by atoms with van der Waals surface area (Å²) in [6.45, 7) is 8.79. The van der Waals surface area contributed by atoms with Crippen molar-refractivity contribution in [1.29, 1.82) is 0 Å². The highest BCUT2D eigenvalue weighted by Gasteiger charge is 2.22. The summed E-state index contributed by atoms with van der Waals surface area (Å²) in [4.78, 5) is 13.7. The molecule has 1 atom stereocenters. The van der Waals surface area contributed by atoms with Gasteiger partial charge < -0.3 is 15.5 Å². The van der Waals surface area contributed by atoms with Crippen molar-refractivity contribution in [3.8, 4) is 0 Å². The van der Waals surface area contributed by atoms with Crippen molar-refractivity contribution < 1.29 is 4.79 Å². The van der Waals surface area contributed by atoms with Gasteiger partial charge in [-0.15, -0.1) is 0 Å². The summed E-state index contributed by atoms with van der Waals surface area (Å²) in [5, 5.41) is 6.34. The fourth-order valence-corrected chi connectivity index (χ4v) is 1.96. The predicted octanol–water partition coefficient (Wildman–Crippen LogP) is 1.18. The number of amides is 2. The second kappa shape index (κ2) is 5.95. The molecule has 1 heterocycles. The van der Waals surface area contributed by atoms with E-state index >= 15 is 0 Å². The molecule has 88 valence electrons. The van der Waals surface area contributed by atoms with E-state index < -0.39 is 0 Å². The van der Waals surface area contributed by atoms with Crippen LogP contribution in [0.3, 0.4) is 0 Å². The zero-order valence-corrected chi connectivity index (χ0v) is 10.0. The number of rotatable bonds is 3. The van der Waals surface area contributed by atoms with Gasteiger partial charge >= 0.3 is 6.03 Å². The highest BCUT2D eigenvalue weighted by molar-refractivity contribution is 5.74. The van der Waals surface area contributed by atoms with Gasteiger partial charge in [-0.05, 0) is 33.2 Å². The first kappa shape index (κ1) is 12.3. The fraction of sp³-hybridized carbons (Fsp3) is 0.909. The van der Waals surface area contributed by atoms with Gasteiger partial charge in [-0.2, -0.15) is 0 Å². The van der Waals surface area contributed by atoms with Crippen LogP contribution >= 0.6 is 0 Å². The minimum absolute atomic E-state index is 0.0765. The molecule has 1 aliphatic rings. The first-order valence-corrected chi connectivity index (χ1v) is 5.92. The number of hydrogen-bond acceptors (Lipinski definition) is 2. The Morgan fingerprint density at radius 1 is 1.53 bits per heavy atom. The maximum atomic E-state index is 11.7. The highest BCUT2D eigenvalue weighted by Crippen LogP contribution is 2.10. The SMILES string of the molecule is CCNC1CCCN(C(=O)NC(C)C)C1. The third-order valence-corrected chi connectivity index (χ3v) is 2.61. The zero-order valence-electron chi connectivity index (χ0n) is 10.0. The average Bonchev–Trinajstić information content (AvgIpc) is 2.17. The molecule has 15 heavy (non-hydrogen) atoms. The fourth-order valence-electron chi connectivity index (χ4n) is 1.96. The second-order valence-corrected chi connectivity index (χ2v) is 4.45.